The zero-order chi connectivity index (χ0) is 13.1. The van der Waals surface area contributed by atoms with Crippen LogP contribution >= 0.6 is 11.6 Å². The molecule has 96 valence electrons. The molecule has 0 aromatic heterocycles. The number of morpholine rings is 1. The number of halogens is 1. The van der Waals surface area contributed by atoms with E-state index in [1.807, 2.05) is 0 Å². The van der Waals surface area contributed by atoms with Crippen molar-refractivity contribution in [1.29, 1.82) is 0 Å². The molecular weight excluding hydrogens is 256 g/mol. The van der Waals surface area contributed by atoms with Crippen LogP contribution < -0.4 is 5.73 Å². The molecule has 2 rings (SSSR count). The predicted molar refractivity (Wildman–Crippen MR) is 66.7 cm³/mol. The third-order valence-corrected chi connectivity index (χ3v) is 3.01. The van der Waals surface area contributed by atoms with Gasteiger partial charge in [0.25, 0.3) is 5.91 Å². The van der Waals surface area contributed by atoms with Gasteiger partial charge in [0.15, 0.2) is 0 Å². The zero-order valence-electron chi connectivity index (χ0n) is 9.69. The fourth-order valence-electron chi connectivity index (χ4n) is 1.84. The number of carbonyl (C=O) groups is 2. The minimum Gasteiger partial charge on any atom is -0.378 e. The van der Waals surface area contributed by atoms with Crippen LogP contribution in [0.25, 0.3) is 0 Å². The molecule has 0 saturated carbocycles. The van der Waals surface area contributed by atoms with Gasteiger partial charge in [-0.2, -0.15) is 0 Å². The fourth-order valence-corrected chi connectivity index (χ4v) is 2.02. The first-order valence-electron chi connectivity index (χ1n) is 5.56. The van der Waals surface area contributed by atoms with Gasteiger partial charge in [-0.3, -0.25) is 9.59 Å². The summed E-state index contributed by atoms with van der Waals surface area (Å²) >= 11 is 5.80. The van der Waals surface area contributed by atoms with Crippen molar-refractivity contribution in [2.45, 2.75) is 0 Å². The minimum atomic E-state index is -0.658. The SMILES string of the molecule is NC(=O)c1cc(Cl)ccc1C(=O)N1CCOCC1. The third-order valence-electron chi connectivity index (χ3n) is 2.78. The molecule has 2 N–H and O–H groups in total. The summed E-state index contributed by atoms with van der Waals surface area (Å²) in [6, 6.07) is 4.51. The number of nitrogens with two attached hydrogens (primary N) is 1. The average molecular weight is 269 g/mol. The van der Waals surface area contributed by atoms with E-state index in [0.29, 0.717) is 31.3 Å². The maximum atomic E-state index is 12.3. The molecule has 1 aliphatic rings. The fraction of sp³-hybridized carbons (Fsp3) is 0.333. The highest BCUT2D eigenvalue weighted by Crippen LogP contribution is 2.18. The molecule has 2 amide bonds. The molecule has 1 fully saturated rings. The van der Waals surface area contributed by atoms with Crippen LogP contribution in [0.15, 0.2) is 18.2 Å². The van der Waals surface area contributed by atoms with Crippen LogP contribution in [0.5, 0.6) is 0 Å². The van der Waals surface area contributed by atoms with Gasteiger partial charge in [-0.1, -0.05) is 11.6 Å². The van der Waals surface area contributed by atoms with Crippen LogP contribution in [0, 0.1) is 0 Å². The second-order valence-corrected chi connectivity index (χ2v) is 4.40. The monoisotopic (exact) mass is 268 g/mol. The van der Waals surface area contributed by atoms with Gasteiger partial charge in [-0.25, -0.2) is 0 Å². The molecule has 0 aliphatic carbocycles. The van der Waals surface area contributed by atoms with Crippen molar-refractivity contribution in [1.82, 2.24) is 4.90 Å². The lowest BCUT2D eigenvalue weighted by atomic mass is 10.1. The molecule has 0 spiro atoms. The lowest BCUT2D eigenvalue weighted by Gasteiger charge is -2.27. The Morgan fingerprint density at radius 3 is 2.50 bits per heavy atom. The number of primary amides is 1. The Morgan fingerprint density at radius 1 is 1.22 bits per heavy atom. The third kappa shape index (κ3) is 2.63. The maximum Gasteiger partial charge on any atom is 0.254 e. The van der Waals surface area contributed by atoms with Crippen molar-refractivity contribution in [2.75, 3.05) is 26.3 Å². The number of hydrogen-bond acceptors (Lipinski definition) is 3. The number of benzene rings is 1. The summed E-state index contributed by atoms with van der Waals surface area (Å²) in [5, 5.41) is 0.377. The Hall–Kier alpha value is -1.59. The number of ether oxygens (including phenoxy) is 1. The Balaban J connectivity index is 2.31. The highest BCUT2D eigenvalue weighted by Gasteiger charge is 2.22. The van der Waals surface area contributed by atoms with E-state index in [9.17, 15) is 9.59 Å². The van der Waals surface area contributed by atoms with Gasteiger partial charge in [0.2, 0.25) is 5.91 Å². The quantitative estimate of drug-likeness (QED) is 0.867. The molecule has 1 saturated heterocycles. The molecule has 6 heteroatoms. The molecular formula is C12H13ClN2O3. The summed E-state index contributed by atoms with van der Waals surface area (Å²) in [5.74, 6) is -0.877. The van der Waals surface area contributed by atoms with E-state index >= 15 is 0 Å². The van der Waals surface area contributed by atoms with E-state index in [0.717, 1.165) is 0 Å². The van der Waals surface area contributed by atoms with Crippen molar-refractivity contribution < 1.29 is 14.3 Å². The van der Waals surface area contributed by atoms with Crippen LogP contribution in [-0.2, 0) is 4.74 Å². The summed E-state index contributed by atoms with van der Waals surface area (Å²) in [5.41, 5.74) is 5.70. The molecule has 0 atom stereocenters. The molecule has 1 aliphatic heterocycles. The Bertz CT molecular complexity index is 484. The highest BCUT2D eigenvalue weighted by atomic mass is 35.5. The van der Waals surface area contributed by atoms with E-state index in [1.54, 1.807) is 11.0 Å². The van der Waals surface area contributed by atoms with E-state index in [4.69, 9.17) is 22.1 Å². The van der Waals surface area contributed by atoms with E-state index in [1.165, 1.54) is 12.1 Å². The van der Waals surface area contributed by atoms with Crippen molar-refractivity contribution in [3.05, 3.63) is 34.3 Å². The second-order valence-electron chi connectivity index (χ2n) is 3.96. The summed E-state index contributed by atoms with van der Waals surface area (Å²) in [7, 11) is 0. The molecule has 1 aromatic rings. The van der Waals surface area contributed by atoms with Gasteiger partial charge in [0.05, 0.1) is 24.3 Å². The maximum absolute atomic E-state index is 12.3. The van der Waals surface area contributed by atoms with Gasteiger partial charge in [0, 0.05) is 18.1 Å². The van der Waals surface area contributed by atoms with Gasteiger partial charge < -0.3 is 15.4 Å². The van der Waals surface area contributed by atoms with Crippen molar-refractivity contribution in [3.63, 3.8) is 0 Å². The van der Waals surface area contributed by atoms with Crippen LogP contribution in [0.1, 0.15) is 20.7 Å². The average Bonchev–Trinajstić information content (AvgIpc) is 2.39. The summed E-state index contributed by atoms with van der Waals surface area (Å²) < 4.78 is 5.18. The lowest BCUT2D eigenvalue weighted by Crippen LogP contribution is -2.41. The predicted octanol–water partition coefficient (Wildman–Crippen LogP) is 0.911. The normalized spacial score (nSPS) is 15.5. The Morgan fingerprint density at radius 2 is 1.89 bits per heavy atom. The van der Waals surface area contributed by atoms with Gasteiger partial charge >= 0.3 is 0 Å². The van der Waals surface area contributed by atoms with Crippen LogP contribution in [0.2, 0.25) is 5.02 Å². The molecule has 1 heterocycles. The van der Waals surface area contributed by atoms with Gasteiger partial charge in [-0.05, 0) is 18.2 Å². The second kappa shape index (κ2) is 5.37. The van der Waals surface area contributed by atoms with Crippen molar-refractivity contribution in [2.24, 2.45) is 5.73 Å². The molecule has 18 heavy (non-hydrogen) atoms. The summed E-state index contributed by atoms with van der Waals surface area (Å²) in [6.07, 6.45) is 0. The molecule has 0 radical (unpaired) electrons. The number of hydrogen-bond donors (Lipinski definition) is 1. The molecule has 1 aromatic carbocycles. The van der Waals surface area contributed by atoms with Gasteiger partial charge in [0.1, 0.15) is 0 Å². The standard InChI is InChI=1S/C12H13ClN2O3/c13-8-1-2-9(10(7-8)11(14)16)12(17)15-3-5-18-6-4-15/h1-2,7H,3-6H2,(H2,14,16). The van der Waals surface area contributed by atoms with Crippen LogP contribution in [0.3, 0.4) is 0 Å². The number of amides is 2. The Labute approximate surface area is 109 Å². The van der Waals surface area contributed by atoms with Crippen molar-refractivity contribution in [3.8, 4) is 0 Å². The van der Waals surface area contributed by atoms with E-state index in [2.05, 4.69) is 0 Å². The Kier molecular flexibility index (Phi) is 3.84. The first-order valence-corrected chi connectivity index (χ1v) is 5.94. The van der Waals surface area contributed by atoms with Gasteiger partial charge in [-0.15, -0.1) is 0 Å². The number of nitrogens with zero attached hydrogens (tertiary/aromatic N) is 1. The zero-order valence-corrected chi connectivity index (χ0v) is 10.4. The number of rotatable bonds is 2. The van der Waals surface area contributed by atoms with E-state index in [-0.39, 0.29) is 17.0 Å². The first-order chi connectivity index (χ1) is 8.59. The van der Waals surface area contributed by atoms with E-state index < -0.39 is 5.91 Å². The lowest BCUT2D eigenvalue weighted by molar-refractivity contribution is 0.0302. The molecule has 0 unspecified atom stereocenters. The first kappa shape index (κ1) is 12.9. The van der Waals surface area contributed by atoms with Crippen LogP contribution in [0.4, 0.5) is 0 Å². The summed E-state index contributed by atoms with van der Waals surface area (Å²) in [6.45, 7) is 2.04. The van der Waals surface area contributed by atoms with Crippen molar-refractivity contribution >= 4 is 23.4 Å². The molecule has 0 bridgehead atoms. The van der Waals surface area contributed by atoms with Crippen LogP contribution in [-0.4, -0.2) is 43.0 Å². The largest absolute Gasteiger partial charge is 0.378 e. The molecule has 5 nitrogen and oxygen atoms in total. The highest BCUT2D eigenvalue weighted by molar-refractivity contribution is 6.31. The minimum absolute atomic E-state index is 0.152. The smallest absolute Gasteiger partial charge is 0.254 e. The number of carbonyl (C=O) groups excluding carboxylic acids is 2. The summed E-state index contributed by atoms with van der Waals surface area (Å²) in [4.78, 5) is 25.2. The topological polar surface area (TPSA) is 72.6 Å².